The Morgan fingerprint density at radius 1 is 1.43 bits per heavy atom. The third kappa shape index (κ3) is 2.48. The van der Waals surface area contributed by atoms with Crippen LogP contribution >= 0.6 is 11.6 Å². The number of carbonyl (C=O) groups excluding carboxylic acids is 1. The van der Waals surface area contributed by atoms with E-state index in [2.05, 4.69) is 0 Å². The van der Waals surface area contributed by atoms with Crippen molar-refractivity contribution in [2.75, 3.05) is 7.11 Å². The second-order valence-corrected chi connectivity index (χ2v) is 3.47. The van der Waals surface area contributed by atoms with Crippen molar-refractivity contribution in [3.8, 4) is 0 Å². The van der Waals surface area contributed by atoms with Gasteiger partial charge < -0.3 is 4.74 Å². The largest absolute Gasteiger partial charge is 0.469 e. The first-order valence-corrected chi connectivity index (χ1v) is 4.90. The lowest BCUT2D eigenvalue weighted by Crippen LogP contribution is -2.13. The molecule has 0 aliphatic heterocycles. The molecule has 2 nitrogen and oxygen atoms in total. The molecule has 14 heavy (non-hydrogen) atoms. The van der Waals surface area contributed by atoms with E-state index in [4.69, 9.17) is 16.3 Å². The molecule has 1 rings (SSSR count). The molecule has 3 heteroatoms. The Kier molecular flexibility index (Phi) is 3.96. The summed E-state index contributed by atoms with van der Waals surface area (Å²) < 4.78 is 4.72. The van der Waals surface area contributed by atoms with Gasteiger partial charge in [0.25, 0.3) is 0 Å². The maximum Gasteiger partial charge on any atom is 0.313 e. The van der Waals surface area contributed by atoms with Crippen LogP contribution in [0.15, 0.2) is 24.3 Å². The van der Waals surface area contributed by atoms with E-state index in [1.807, 2.05) is 19.1 Å². The highest BCUT2D eigenvalue weighted by molar-refractivity contribution is 6.30. The summed E-state index contributed by atoms with van der Waals surface area (Å²) in [5.74, 6) is -0.382. The number of carbonyl (C=O) groups is 1. The Balaban J connectivity index is 2.89. The molecule has 1 atom stereocenters. The van der Waals surface area contributed by atoms with Crippen LogP contribution < -0.4 is 0 Å². The van der Waals surface area contributed by atoms with E-state index in [-0.39, 0.29) is 11.9 Å². The smallest absolute Gasteiger partial charge is 0.313 e. The van der Waals surface area contributed by atoms with Crippen LogP contribution in [0.2, 0.25) is 5.02 Å². The molecule has 0 bridgehead atoms. The molecule has 0 unspecified atom stereocenters. The van der Waals surface area contributed by atoms with Crippen molar-refractivity contribution < 1.29 is 9.53 Å². The van der Waals surface area contributed by atoms with Crippen molar-refractivity contribution in [2.24, 2.45) is 0 Å². The number of halogens is 1. The van der Waals surface area contributed by atoms with Gasteiger partial charge in [0, 0.05) is 5.02 Å². The van der Waals surface area contributed by atoms with Crippen molar-refractivity contribution >= 4 is 17.6 Å². The summed E-state index contributed by atoms with van der Waals surface area (Å²) in [6, 6.07) is 7.27. The van der Waals surface area contributed by atoms with Gasteiger partial charge in [-0.25, -0.2) is 0 Å². The molecule has 0 saturated carbocycles. The molecular formula is C11H13ClO2. The molecule has 0 radical (unpaired) electrons. The fraction of sp³-hybridized carbons (Fsp3) is 0.364. The van der Waals surface area contributed by atoms with E-state index in [1.165, 1.54) is 7.11 Å². The highest BCUT2D eigenvalue weighted by Crippen LogP contribution is 2.22. The molecule has 0 aliphatic rings. The minimum Gasteiger partial charge on any atom is -0.469 e. The quantitative estimate of drug-likeness (QED) is 0.720. The summed E-state index contributed by atoms with van der Waals surface area (Å²) in [5, 5.41) is 0.675. The van der Waals surface area contributed by atoms with Crippen LogP contribution in [-0.2, 0) is 9.53 Å². The zero-order valence-electron chi connectivity index (χ0n) is 8.29. The third-order valence-corrected chi connectivity index (χ3v) is 2.42. The molecule has 0 heterocycles. The topological polar surface area (TPSA) is 26.3 Å². The molecule has 0 aliphatic carbocycles. The first-order chi connectivity index (χ1) is 6.69. The number of benzene rings is 1. The predicted octanol–water partition coefficient (Wildman–Crippen LogP) is 3.01. The predicted molar refractivity (Wildman–Crippen MR) is 56.5 cm³/mol. The van der Waals surface area contributed by atoms with Crippen molar-refractivity contribution in [3.63, 3.8) is 0 Å². The Hall–Kier alpha value is -1.02. The Bertz CT molecular complexity index is 306. The average molecular weight is 213 g/mol. The zero-order chi connectivity index (χ0) is 10.6. The monoisotopic (exact) mass is 212 g/mol. The van der Waals surface area contributed by atoms with E-state index in [9.17, 15) is 4.79 Å². The van der Waals surface area contributed by atoms with Gasteiger partial charge in [0.2, 0.25) is 0 Å². The molecule has 0 fully saturated rings. The summed E-state index contributed by atoms with van der Waals surface area (Å²) in [4.78, 5) is 11.4. The maximum absolute atomic E-state index is 11.4. The molecular weight excluding hydrogens is 200 g/mol. The van der Waals surface area contributed by atoms with E-state index >= 15 is 0 Å². The number of ether oxygens (including phenoxy) is 1. The summed E-state index contributed by atoms with van der Waals surface area (Å²) in [7, 11) is 1.40. The van der Waals surface area contributed by atoms with Crippen molar-refractivity contribution in [1.29, 1.82) is 0 Å². The van der Waals surface area contributed by atoms with E-state index in [0.717, 1.165) is 12.0 Å². The van der Waals surface area contributed by atoms with Gasteiger partial charge in [-0.2, -0.15) is 0 Å². The van der Waals surface area contributed by atoms with Crippen LogP contribution in [0.3, 0.4) is 0 Å². The summed E-state index contributed by atoms with van der Waals surface area (Å²) in [6.07, 6.45) is 0.730. The maximum atomic E-state index is 11.4. The zero-order valence-corrected chi connectivity index (χ0v) is 9.04. The molecule has 0 spiro atoms. The van der Waals surface area contributed by atoms with E-state index in [0.29, 0.717) is 5.02 Å². The summed E-state index contributed by atoms with van der Waals surface area (Å²) >= 11 is 5.76. The molecule has 0 saturated heterocycles. The van der Waals surface area contributed by atoms with Gasteiger partial charge in [-0.15, -0.1) is 0 Å². The summed E-state index contributed by atoms with van der Waals surface area (Å²) in [6.45, 7) is 1.95. The number of rotatable bonds is 3. The number of hydrogen-bond acceptors (Lipinski definition) is 2. The summed E-state index contributed by atoms with van der Waals surface area (Å²) in [5.41, 5.74) is 0.948. The van der Waals surface area contributed by atoms with Gasteiger partial charge in [0.1, 0.15) is 0 Å². The van der Waals surface area contributed by atoms with Gasteiger partial charge in [-0.05, 0) is 24.1 Å². The minimum absolute atomic E-state index is 0.183. The van der Waals surface area contributed by atoms with Gasteiger partial charge in [0.15, 0.2) is 0 Å². The molecule has 0 amide bonds. The van der Waals surface area contributed by atoms with Crippen LogP contribution in [0.1, 0.15) is 24.8 Å². The Labute approximate surface area is 88.8 Å². The van der Waals surface area contributed by atoms with Crippen LogP contribution in [0.4, 0.5) is 0 Å². The highest BCUT2D eigenvalue weighted by atomic mass is 35.5. The lowest BCUT2D eigenvalue weighted by atomic mass is 9.97. The Morgan fingerprint density at radius 2 is 2.00 bits per heavy atom. The highest BCUT2D eigenvalue weighted by Gasteiger charge is 2.18. The van der Waals surface area contributed by atoms with Crippen LogP contribution in [0, 0.1) is 0 Å². The van der Waals surface area contributed by atoms with Crippen LogP contribution in [-0.4, -0.2) is 13.1 Å². The van der Waals surface area contributed by atoms with Gasteiger partial charge >= 0.3 is 5.97 Å². The second kappa shape index (κ2) is 5.01. The normalized spacial score (nSPS) is 12.2. The molecule has 76 valence electrons. The fourth-order valence-corrected chi connectivity index (χ4v) is 1.50. The third-order valence-electron chi connectivity index (χ3n) is 2.17. The van der Waals surface area contributed by atoms with Gasteiger partial charge in [-0.1, -0.05) is 30.7 Å². The van der Waals surface area contributed by atoms with Gasteiger partial charge in [0.05, 0.1) is 13.0 Å². The minimum atomic E-state index is -0.199. The molecule has 1 aromatic rings. The van der Waals surface area contributed by atoms with E-state index < -0.39 is 0 Å². The molecule has 0 N–H and O–H groups in total. The SMILES string of the molecule is CC[C@H](C(=O)OC)c1ccc(Cl)cc1. The fourth-order valence-electron chi connectivity index (χ4n) is 1.38. The molecule has 1 aromatic carbocycles. The standard InChI is InChI=1S/C11H13ClO2/c1-3-10(11(13)14-2)8-4-6-9(12)7-5-8/h4-7,10H,3H2,1-2H3/t10-/m0/s1. The lowest BCUT2D eigenvalue weighted by Gasteiger charge is -2.12. The van der Waals surface area contributed by atoms with Crippen molar-refractivity contribution in [2.45, 2.75) is 19.3 Å². The second-order valence-electron chi connectivity index (χ2n) is 3.04. The number of methoxy groups -OCH3 is 1. The Morgan fingerprint density at radius 3 is 2.43 bits per heavy atom. The van der Waals surface area contributed by atoms with E-state index in [1.54, 1.807) is 12.1 Å². The average Bonchev–Trinajstić information content (AvgIpc) is 2.21. The van der Waals surface area contributed by atoms with Crippen LogP contribution in [0.25, 0.3) is 0 Å². The first-order valence-electron chi connectivity index (χ1n) is 4.52. The first kappa shape index (κ1) is 11.1. The number of hydrogen-bond donors (Lipinski definition) is 0. The molecule has 0 aromatic heterocycles. The van der Waals surface area contributed by atoms with Crippen LogP contribution in [0.5, 0.6) is 0 Å². The van der Waals surface area contributed by atoms with Crippen molar-refractivity contribution in [1.82, 2.24) is 0 Å². The van der Waals surface area contributed by atoms with Gasteiger partial charge in [-0.3, -0.25) is 4.79 Å². The number of esters is 1. The lowest BCUT2D eigenvalue weighted by molar-refractivity contribution is -0.142. The van der Waals surface area contributed by atoms with Crippen molar-refractivity contribution in [3.05, 3.63) is 34.9 Å².